The third kappa shape index (κ3) is 6.15. The number of methoxy groups -OCH3 is 1. The summed E-state index contributed by atoms with van der Waals surface area (Å²) >= 11 is 0. The Morgan fingerprint density at radius 2 is 2.04 bits per heavy atom. The summed E-state index contributed by atoms with van der Waals surface area (Å²) in [6.07, 6.45) is 0.508. The molecule has 0 N–H and O–H groups in total. The maximum atomic E-state index is 12.4. The first-order chi connectivity index (χ1) is 13.2. The van der Waals surface area contributed by atoms with Crippen molar-refractivity contribution in [1.82, 2.24) is 4.90 Å². The molecule has 28 heavy (non-hydrogen) atoms. The van der Waals surface area contributed by atoms with Gasteiger partial charge in [0.15, 0.2) is 0 Å². The number of rotatable bonds is 6. The third-order valence-electron chi connectivity index (χ3n) is 4.48. The van der Waals surface area contributed by atoms with Gasteiger partial charge in [-0.05, 0) is 50.8 Å². The highest BCUT2D eigenvalue weighted by atomic mass is 16.6. The number of amides is 1. The van der Waals surface area contributed by atoms with Gasteiger partial charge in [0.1, 0.15) is 18.0 Å². The smallest absolute Gasteiger partial charge is 0.410 e. The van der Waals surface area contributed by atoms with E-state index in [-0.39, 0.29) is 18.4 Å². The van der Waals surface area contributed by atoms with E-state index in [1.807, 2.05) is 51.1 Å². The summed E-state index contributed by atoms with van der Waals surface area (Å²) in [6.45, 7) is 6.48. The quantitative estimate of drug-likeness (QED) is 0.549. The number of nitriles is 1. The van der Waals surface area contributed by atoms with E-state index in [2.05, 4.69) is 0 Å². The molecule has 2 rings (SSSR count). The SMILES string of the molecule is COC(=O)[C@H]1CN(C(=O)OC(C)(C)C)C[C@H]1Cc1cccc(OCCC#N)c1. The van der Waals surface area contributed by atoms with Crippen LogP contribution in [-0.4, -0.2) is 49.4 Å². The Balaban J connectivity index is 2.09. The van der Waals surface area contributed by atoms with Gasteiger partial charge in [0, 0.05) is 13.1 Å². The molecular formula is C21H28N2O5. The number of benzene rings is 1. The Kier molecular flexibility index (Phi) is 7.27. The fourth-order valence-corrected chi connectivity index (χ4v) is 3.25. The fraction of sp³-hybridized carbons (Fsp3) is 0.571. The molecule has 1 aromatic rings. The lowest BCUT2D eigenvalue weighted by molar-refractivity contribution is -0.146. The number of hydrogen-bond donors (Lipinski definition) is 0. The molecule has 1 heterocycles. The minimum Gasteiger partial charge on any atom is -0.493 e. The second-order valence-electron chi connectivity index (χ2n) is 7.88. The Bertz CT molecular complexity index is 735. The molecule has 7 heteroatoms. The molecule has 1 amide bonds. The topological polar surface area (TPSA) is 88.9 Å². The van der Waals surface area contributed by atoms with Crippen LogP contribution >= 0.6 is 0 Å². The molecule has 0 aliphatic carbocycles. The number of carbonyl (C=O) groups excluding carboxylic acids is 2. The maximum absolute atomic E-state index is 12.4. The van der Waals surface area contributed by atoms with Crippen LogP contribution in [0.4, 0.5) is 4.79 Å². The van der Waals surface area contributed by atoms with Gasteiger partial charge >= 0.3 is 12.1 Å². The largest absolute Gasteiger partial charge is 0.493 e. The first-order valence-electron chi connectivity index (χ1n) is 9.38. The number of likely N-dealkylation sites (tertiary alicyclic amines) is 1. The third-order valence-corrected chi connectivity index (χ3v) is 4.48. The van der Waals surface area contributed by atoms with E-state index in [0.717, 1.165) is 5.56 Å². The normalized spacial score (nSPS) is 19.0. The number of esters is 1. The molecule has 1 aliphatic rings. The van der Waals surface area contributed by atoms with Gasteiger partial charge in [-0.15, -0.1) is 0 Å². The summed E-state index contributed by atoms with van der Waals surface area (Å²) in [7, 11) is 1.36. The van der Waals surface area contributed by atoms with E-state index >= 15 is 0 Å². The highest BCUT2D eigenvalue weighted by Crippen LogP contribution is 2.30. The van der Waals surface area contributed by atoms with Crippen LogP contribution in [0.5, 0.6) is 5.75 Å². The molecule has 7 nitrogen and oxygen atoms in total. The summed E-state index contributed by atoms with van der Waals surface area (Å²) in [5, 5.41) is 8.62. The van der Waals surface area contributed by atoms with Crippen molar-refractivity contribution in [2.24, 2.45) is 11.8 Å². The van der Waals surface area contributed by atoms with Crippen molar-refractivity contribution in [3.8, 4) is 11.8 Å². The minimum atomic E-state index is -0.592. The zero-order chi connectivity index (χ0) is 20.7. The van der Waals surface area contributed by atoms with Gasteiger partial charge in [-0.25, -0.2) is 4.79 Å². The molecule has 0 spiro atoms. The zero-order valence-electron chi connectivity index (χ0n) is 16.9. The Labute approximate surface area is 166 Å². The Morgan fingerprint density at radius 1 is 1.29 bits per heavy atom. The lowest BCUT2D eigenvalue weighted by Crippen LogP contribution is -2.36. The van der Waals surface area contributed by atoms with Crippen molar-refractivity contribution >= 4 is 12.1 Å². The summed E-state index contributed by atoms with van der Waals surface area (Å²) in [5.74, 6) is -0.114. The molecular weight excluding hydrogens is 360 g/mol. The second kappa shape index (κ2) is 9.45. The van der Waals surface area contributed by atoms with Crippen molar-refractivity contribution in [2.45, 2.75) is 39.2 Å². The van der Waals surface area contributed by atoms with E-state index < -0.39 is 17.6 Å². The van der Waals surface area contributed by atoms with Crippen LogP contribution < -0.4 is 4.74 Å². The molecule has 0 unspecified atom stereocenters. The van der Waals surface area contributed by atoms with Crippen LogP contribution in [0.15, 0.2) is 24.3 Å². The number of ether oxygens (including phenoxy) is 3. The molecule has 1 fully saturated rings. The van der Waals surface area contributed by atoms with Crippen LogP contribution in [0.2, 0.25) is 0 Å². The summed E-state index contributed by atoms with van der Waals surface area (Å²) in [4.78, 5) is 26.2. The van der Waals surface area contributed by atoms with Crippen LogP contribution in [0.1, 0.15) is 32.8 Å². The minimum absolute atomic E-state index is 0.0747. The molecule has 2 atom stereocenters. The van der Waals surface area contributed by atoms with Crippen LogP contribution in [0.3, 0.4) is 0 Å². The van der Waals surface area contributed by atoms with Crippen LogP contribution in [0, 0.1) is 23.2 Å². The first-order valence-corrected chi connectivity index (χ1v) is 9.38. The maximum Gasteiger partial charge on any atom is 0.410 e. The van der Waals surface area contributed by atoms with Gasteiger partial charge in [-0.1, -0.05) is 12.1 Å². The van der Waals surface area contributed by atoms with Crippen LogP contribution in [-0.2, 0) is 20.7 Å². The standard InChI is InChI=1S/C21H28N2O5/c1-21(2,3)28-20(25)23-13-16(18(14-23)19(24)26-4)11-15-7-5-8-17(12-15)27-10-6-9-22/h5,7-8,12,16,18H,6,10-11,13-14H2,1-4H3/t16-,18+/m1/s1. The Morgan fingerprint density at radius 3 is 2.68 bits per heavy atom. The lowest BCUT2D eigenvalue weighted by atomic mass is 9.89. The molecule has 0 radical (unpaired) electrons. The number of hydrogen-bond acceptors (Lipinski definition) is 6. The van der Waals surface area contributed by atoms with E-state index in [9.17, 15) is 9.59 Å². The van der Waals surface area contributed by atoms with Gasteiger partial charge in [-0.2, -0.15) is 5.26 Å². The van der Waals surface area contributed by atoms with E-state index in [4.69, 9.17) is 19.5 Å². The molecule has 1 aromatic carbocycles. The van der Waals surface area contributed by atoms with Crippen molar-refractivity contribution in [1.29, 1.82) is 5.26 Å². The predicted molar refractivity (Wildman–Crippen MR) is 103 cm³/mol. The molecule has 0 aromatic heterocycles. The van der Waals surface area contributed by atoms with E-state index in [1.54, 1.807) is 4.90 Å². The van der Waals surface area contributed by atoms with Gasteiger partial charge < -0.3 is 19.1 Å². The molecule has 152 valence electrons. The Hall–Kier alpha value is -2.75. The summed E-state index contributed by atoms with van der Waals surface area (Å²) in [5.41, 5.74) is 0.407. The van der Waals surface area contributed by atoms with Crippen molar-refractivity contribution < 1.29 is 23.8 Å². The van der Waals surface area contributed by atoms with Gasteiger partial charge in [0.25, 0.3) is 0 Å². The second-order valence-corrected chi connectivity index (χ2v) is 7.88. The zero-order valence-corrected chi connectivity index (χ0v) is 16.9. The molecule has 0 bridgehead atoms. The predicted octanol–water partition coefficient (Wildman–Crippen LogP) is 3.18. The van der Waals surface area contributed by atoms with Gasteiger partial charge in [-0.3, -0.25) is 4.79 Å². The fourth-order valence-electron chi connectivity index (χ4n) is 3.25. The average molecular weight is 388 g/mol. The highest BCUT2D eigenvalue weighted by Gasteiger charge is 2.41. The highest BCUT2D eigenvalue weighted by molar-refractivity contribution is 5.76. The average Bonchev–Trinajstić information content (AvgIpc) is 3.04. The number of carbonyl (C=O) groups is 2. The van der Waals surface area contributed by atoms with E-state index in [1.165, 1.54) is 7.11 Å². The van der Waals surface area contributed by atoms with Gasteiger partial charge in [0.05, 0.1) is 25.5 Å². The first kappa shape index (κ1) is 21.5. The van der Waals surface area contributed by atoms with Crippen molar-refractivity contribution in [3.05, 3.63) is 29.8 Å². The summed E-state index contributed by atoms with van der Waals surface area (Å²) < 4.78 is 16.0. The lowest BCUT2D eigenvalue weighted by Gasteiger charge is -2.24. The monoisotopic (exact) mass is 388 g/mol. The van der Waals surface area contributed by atoms with E-state index in [0.29, 0.717) is 31.7 Å². The molecule has 0 saturated carbocycles. The molecule has 1 saturated heterocycles. The number of nitrogens with zero attached hydrogens (tertiary/aromatic N) is 2. The van der Waals surface area contributed by atoms with Crippen LogP contribution in [0.25, 0.3) is 0 Å². The van der Waals surface area contributed by atoms with Crippen molar-refractivity contribution in [3.63, 3.8) is 0 Å². The van der Waals surface area contributed by atoms with Crippen molar-refractivity contribution in [2.75, 3.05) is 26.8 Å². The van der Waals surface area contributed by atoms with Gasteiger partial charge in [0.2, 0.25) is 0 Å². The summed E-state index contributed by atoms with van der Waals surface area (Å²) in [6, 6.07) is 9.62. The molecule has 1 aliphatic heterocycles.